The van der Waals surface area contributed by atoms with Crippen molar-refractivity contribution in [3.05, 3.63) is 0 Å². The Labute approximate surface area is 78.9 Å². The van der Waals surface area contributed by atoms with Gasteiger partial charge in [-0.15, -0.1) is 0 Å². The molecule has 1 saturated carbocycles. The summed E-state index contributed by atoms with van der Waals surface area (Å²) in [7, 11) is 0. The van der Waals surface area contributed by atoms with Crippen molar-refractivity contribution in [2.45, 2.75) is 58.0 Å². The standard InChI is InChI=1S/C10H19F2N/c1-7(2)8(3)13-9-4-5-10(11,12)6-9/h7-9,13H,4-6H2,1-3H3. The molecular weight excluding hydrogens is 172 g/mol. The van der Waals surface area contributed by atoms with E-state index in [1.54, 1.807) is 0 Å². The van der Waals surface area contributed by atoms with Crippen LogP contribution < -0.4 is 5.32 Å². The fourth-order valence-electron chi connectivity index (χ4n) is 1.66. The van der Waals surface area contributed by atoms with E-state index in [0.717, 1.165) is 0 Å². The predicted molar refractivity (Wildman–Crippen MR) is 50.0 cm³/mol. The summed E-state index contributed by atoms with van der Waals surface area (Å²) in [5.41, 5.74) is 0. The summed E-state index contributed by atoms with van der Waals surface area (Å²) >= 11 is 0. The van der Waals surface area contributed by atoms with Gasteiger partial charge in [0.15, 0.2) is 0 Å². The van der Waals surface area contributed by atoms with Gasteiger partial charge in [-0.3, -0.25) is 0 Å². The van der Waals surface area contributed by atoms with E-state index in [4.69, 9.17) is 0 Å². The van der Waals surface area contributed by atoms with E-state index < -0.39 is 5.92 Å². The van der Waals surface area contributed by atoms with Crippen molar-refractivity contribution >= 4 is 0 Å². The maximum absolute atomic E-state index is 12.8. The molecule has 0 aromatic carbocycles. The van der Waals surface area contributed by atoms with Crippen molar-refractivity contribution in [2.24, 2.45) is 5.92 Å². The number of halogens is 2. The topological polar surface area (TPSA) is 12.0 Å². The molecule has 1 aliphatic carbocycles. The van der Waals surface area contributed by atoms with Gasteiger partial charge in [-0.05, 0) is 19.3 Å². The van der Waals surface area contributed by atoms with Crippen molar-refractivity contribution in [3.8, 4) is 0 Å². The van der Waals surface area contributed by atoms with Gasteiger partial charge < -0.3 is 5.32 Å². The predicted octanol–water partition coefficient (Wildman–Crippen LogP) is 2.81. The molecule has 13 heavy (non-hydrogen) atoms. The van der Waals surface area contributed by atoms with E-state index in [2.05, 4.69) is 26.1 Å². The van der Waals surface area contributed by atoms with Crippen LogP contribution in [0.4, 0.5) is 8.78 Å². The first-order valence-corrected chi connectivity index (χ1v) is 5.04. The average molecular weight is 191 g/mol. The Morgan fingerprint density at radius 2 is 1.92 bits per heavy atom. The molecule has 3 heteroatoms. The van der Waals surface area contributed by atoms with Gasteiger partial charge in [-0.2, -0.15) is 0 Å². The number of hydrogen-bond acceptors (Lipinski definition) is 1. The summed E-state index contributed by atoms with van der Waals surface area (Å²) in [6.45, 7) is 6.26. The molecule has 0 spiro atoms. The lowest BCUT2D eigenvalue weighted by atomic mass is 10.1. The Morgan fingerprint density at radius 3 is 2.31 bits per heavy atom. The van der Waals surface area contributed by atoms with Gasteiger partial charge in [-0.25, -0.2) is 8.78 Å². The minimum absolute atomic E-state index is 0.0179. The number of alkyl halides is 2. The summed E-state index contributed by atoms with van der Waals surface area (Å²) in [4.78, 5) is 0. The highest BCUT2D eigenvalue weighted by Gasteiger charge is 2.39. The largest absolute Gasteiger partial charge is 0.311 e. The second-order valence-electron chi connectivity index (χ2n) is 4.50. The van der Waals surface area contributed by atoms with Gasteiger partial charge in [0.05, 0.1) is 0 Å². The monoisotopic (exact) mass is 191 g/mol. The Balaban J connectivity index is 2.32. The molecule has 1 nitrogen and oxygen atoms in total. The van der Waals surface area contributed by atoms with E-state index in [0.29, 0.717) is 18.4 Å². The van der Waals surface area contributed by atoms with Crippen molar-refractivity contribution in [2.75, 3.05) is 0 Å². The van der Waals surface area contributed by atoms with Gasteiger partial charge in [0.1, 0.15) is 0 Å². The third kappa shape index (κ3) is 3.22. The van der Waals surface area contributed by atoms with Crippen LogP contribution in [0.15, 0.2) is 0 Å². The SMILES string of the molecule is CC(C)C(C)NC1CCC(F)(F)C1. The normalized spacial score (nSPS) is 29.5. The van der Waals surface area contributed by atoms with E-state index >= 15 is 0 Å². The smallest absolute Gasteiger partial charge is 0.249 e. The van der Waals surface area contributed by atoms with Crippen LogP contribution in [0.3, 0.4) is 0 Å². The molecule has 0 aromatic rings. The highest BCUT2D eigenvalue weighted by Crippen LogP contribution is 2.35. The van der Waals surface area contributed by atoms with E-state index in [9.17, 15) is 8.78 Å². The van der Waals surface area contributed by atoms with Crippen LogP contribution >= 0.6 is 0 Å². The van der Waals surface area contributed by atoms with Gasteiger partial charge in [0.25, 0.3) is 0 Å². The Kier molecular flexibility index (Phi) is 3.28. The van der Waals surface area contributed by atoms with Crippen molar-refractivity contribution < 1.29 is 8.78 Å². The average Bonchev–Trinajstić information content (AvgIpc) is 2.30. The van der Waals surface area contributed by atoms with Gasteiger partial charge in [-0.1, -0.05) is 13.8 Å². The van der Waals surface area contributed by atoms with Crippen LogP contribution in [0.5, 0.6) is 0 Å². The lowest BCUT2D eigenvalue weighted by Crippen LogP contribution is -2.38. The van der Waals surface area contributed by atoms with Crippen LogP contribution in [-0.4, -0.2) is 18.0 Å². The lowest BCUT2D eigenvalue weighted by molar-refractivity contribution is 0.00648. The first kappa shape index (κ1) is 10.9. The first-order valence-electron chi connectivity index (χ1n) is 5.04. The molecule has 0 heterocycles. The molecule has 0 saturated heterocycles. The van der Waals surface area contributed by atoms with Crippen LogP contribution in [-0.2, 0) is 0 Å². The zero-order valence-electron chi connectivity index (χ0n) is 8.61. The molecule has 0 radical (unpaired) electrons. The second kappa shape index (κ2) is 3.91. The van der Waals surface area contributed by atoms with E-state index in [1.165, 1.54) is 0 Å². The maximum atomic E-state index is 12.8. The van der Waals surface area contributed by atoms with Gasteiger partial charge >= 0.3 is 0 Å². The number of hydrogen-bond donors (Lipinski definition) is 1. The van der Waals surface area contributed by atoms with E-state index in [-0.39, 0.29) is 18.9 Å². The molecular formula is C10H19F2N. The zero-order valence-corrected chi connectivity index (χ0v) is 8.61. The minimum Gasteiger partial charge on any atom is -0.311 e. The lowest BCUT2D eigenvalue weighted by Gasteiger charge is -2.22. The molecule has 2 atom stereocenters. The molecule has 0 bridgehead atoms. The number of nitrogens with one attached hydrogen (secondary N) is 1. The van der Waals surface area contributed by atoms with Crippen molar-refractivity contribution in [3.63, 3.8) is 0 Å². The quantitative estimate of drug-likeness (QED) is 0.723. The molecule has 1 N–H and O–H groups in total. The van der Waals surface area contributed by atoms with Crippen molar-refractivity contribution in [1.82, 2.24) is 5.32 Å². The molecule has 2 unspecified atom stereocenters. The molecule has 1 aliphatic rings. The van der Waals surface area contributed by atoms with Crippen molar-refractivity contribution in [1.29, 1.82) is 0 Å². The summed E-state index contributed by atoms with van der Waals surface area (Å²) in [6, 6.07) is 0.353. The fraction of sp³-hybridized carbons (Fsp3) is 1.00. The molecule has 0 aliphatic heterocycles. The van der Waals surface area contributed by atoms with E-state index in [1.807, 2.05) is 0 Å². The number of rotatable bonds is 3. The van der Waals surface area contributed by atoms with Gasteiger partial charge in [0, 0.05) is 24.9 Å². The van der Waals surface area contributed by atoms with Crippen LogP contribution in [0.25, 0.3) is 0 Å². The van der Waals surface area contributed by atoms with Gasteiger partial charge in [0.2, 0.25) is 5.92 Å². The molecule has 78 valence electrons. The summed E-state index contributed by atoms with van der Waals surface area (Å²) in [5.74, 6) is -1.91. The molecule has 0 amide bonds. The Hall–Kier alpha value is -0.180. The van der Waals surface area contributed by atoms with Crippen LogP contribution in [0.2, 0.25) is 0 Å². The van der Waals surface area contributed by atoms with Crippen LogP contribution in [0.1, 0.15) is 40.0 Å². The Morgan fingerprint density at radius 1 is 1.31 bits per heavy atom. The summed E-state index contributed by atoms with van der Waals surface area (Å²) in [5, 5.41) is 3.25. The second-order valence-corrected chi connectivity index (χ2v) is 4.50. The third-order valence-corrected chi connectivity index (χ3v) is 2.90. The highest BCUT2D eigenvalue weighted by atomic mass is 19.3. The zero-order chi connectivity index (χ0) is 10.1. The highest BCUT2D eigenvalue weighted by molar-refractivity contribution is 4.87. The minimum atomic E-state index is -2.42. The molecule has 1 fully saturated rings. The maximum Gasteiger partial charge on any atom is 0.249 e. The Bertz CT molecular complexity index is 168. The van der Waals surface area contributed by atoms with Crippen LogP contribution in [0, 0.1) is 5.92 Å². The molecule has 1 rings (SSSR count). The fourth-order valence-corrected chi connectivity index (χ4v) is 1.66. The summed E-state index contributed by atoms with van der Waals surface area (Å²) < 4.78 is 25.6. The molecule has 0 aromatic heterocycles. The summed E-state index contributed by atoms with van der Waals surface area (Å²) in [6.07, 6.45) is 0.684. The first-order chi connectivity index (χ1) is 5.91. The third-order valence-electron chi connectivity index (χ3n) is 2.90.